The quantitative estimate of drug-likeness (QED) is 0.804. The Bertz CT molecular complexity index is 622. The summed E-state index contributed by atoms with van der Waals surface area (Å²) in [7, 11) is -3.54. The minimum Gasteiger partial charge on any atom is -0.480 e. The van der Waals surface area contributed by atoms with Gasteiger partial charge < -0.3 is 10.4 Å². The van der Waals surface area contributed by atoms with Crippen LogP contribution in [0.3, 0.4) is 0 Å². The molecular formula is C13H17NO5S. The molecule has 0 aromatic heterocycles. The average molecular weight is 299 g/mol. The van der Waals surface area contributed by atoms with Gasteiger partial charge in [0.1, 0.15) is 6.54 Å². The fraction of sp³-hybridized carbons (Fsp3) is 0.385. The van der Waals surface area contributed by atoms with Crippen LogP contribution in [-0.4, -0.2) is 37.7 Å². The summed E-state index contributed by atoms with van der Waals surface area (Å²) >= 11 is 0. The largest absolute Gasteiger partial charge is 0.480 e. The van der Waals surface area contributed by atoms with E-state index in [4.69, 9.17) is 5.11 Å². The van der Waals surface area contributed by atoms with E-state index in [1.54, 1.807) is 12.1 Å². The van der Waals surface area contributed by atoms with Crippen LogP contribution in [0.4, 0.5) is 0 Å². The van der Waals surface area contributed by atoms with Gasteiger partial charge in [-0.05, 0) is 37.1 Å². The molecule has 1 amide bonds. The van der Waals surface area contributed by atoms with E-state index in [2.05, 4.69) is 5.32 Å². The number of carboxylic acids is 1. The zero-order chi connectivity index (χ0) is 15.3. The van der Waals surface area contributed by atoms with Crippen molar-refractivity contribution >= 4 is 21.7 Å². The number of carboxylic acid groups (broad SMARTS) is 1. The summed E-state index contributed by atoms with van der Waals surface area (Å²) in [6, 6.07) is 4.79. The molecule has 6 nitrogen and oxygen atoms in total. The van der Waals surface area contributed by atoms with E-state index >= 15 is 0 Å². The van der Waals surface area contributed by atoms with Gasteiger partial charge in [-0.1, -0.05) is 6.07 Å². The van der Waals surface area contributed by atoms with Gasteiger partial charge in [-0.25, -0.2) is 8.42 Å². The SMILES string of the molecule is Cc1ccc(S(=O)(=O)CCC(=O)NCC(=O)O)cc1C. The smallest absolute Gasteiger partial charge is 0.322 e. The van der Waals surface area contributed by atoms with Crippen LogP contribution in [-0.2, 0) is 19.4 Å². The van der Waals surface area contributed by atoms with Crippen LogP contribution in [0.15, 0.2) is 23.1 Å². The van der Waals surface area contributed by atoms with E-state index < -0.39 is 28.3 Å². The first-order valence-corrected chi connectivity index (χ1v) is 7.66. The molecule has 0 radical (unpaired) electrons. The number of aliphatic carboxylic acids is 1. The lowest BCUT2D eigenvalue weighted by Gasteiger charge is -2.07. The van der Waals surface area contributed by atoms with Crippen molar-refractivity contribution in [1.82, 2.24) is 5.32 Å². The van der Waals surface area contributed by atoms with Gasteiger partial charge >= 0.3 is 5.97 Å². The number of sulfone groups is 1. The lowest BCUT2D eigenvalue weighted by molar-refractivity contribution is -0.137. The van der Waals surface area contributed by atoms with E-state index in [9.17, 15) is 18.0 Å². The highest BCUT2D eigenvalue weighted by molar-refractivity contribution is 7.91. The molecule has 0 atom stereocenters. The number of amides is 1. The minimum atomic E-state index is -3.54. The van der Waals surface area contributed by atoms with Crippen molar-refractivity contribution < 1.29 is 23.1 Å². The highest BCUT2D eigenvalue weighted by Gasteiger charge is 2.17. The molecule has 7 heteroatoms. The van der Waals surface area contributed by atoms with Crippen molar-refractivity contribution in [3.63, 3.8) is 0 Å². The monoisotopic (exact) mass is 299 g/mol. The predicted octanol–water partition coefficient (Wildman–Crippen LogP) is 0.668. The number of hydrogen-bond acceptors (Lipinski definition) is 4. The number of nitrogens with one attached hydrogen (secondary N) is 1. The third kappa shape index (κ3) is 4.65. The summed E-state index contributed by atoms with van der Waals surface area (Å²) in [4.78, 5) is 21.7. The molecule has 0 aliphatic rings. The Kier molecular flexibility index (Phi) is 5.26. The average Bonchev–Trinajstić information content (AvgIpc) is 2.37. The van der Waals surface area contributed by atoms with Crippen LogP contribution < -0.4 is 5.32 Å². The van der Waals surface area contributed by atoms with Gasteiger partial charge in [0, 0.05) is 6.42 Å². The summed E-state index contributed by atoms with van der Waals surface area (Å²) in [6.45, 7) is 3.18. The van der Waals surface area contributed by atoms with Crippen LogP contribution in [0, 0.1) is 13.8 Å². The van der Waals surface area contributed by atoms with Gasteiger partial charge in [0.15, 0.2) is 9.84 Å². The second-order valence-electron chi connectivity index (χ2n) is 4.49. The van der Waals surface area contributed by atoms with Crippen LogP contribution in [0.1, 0.15) is 17.5 Å². The van der Waals surface area contributed by atoms with Crippen molar-refractivity contribution in [3.8, 4) is 0 Å². The fourth-order valence-corrected chi connectivity index (χ4v) is 2.84. The van der Waals surface area contributed by atoms with Crippen LogP contribution in [0.2, 0.25) is 0 Å². The summed E-state index contributed by atoms with van der Waals surface area (Å²) in [6.07, 6.45) is -0.261. The molecule has 20 heavy (non-hydrogen) atoms. The Hall–Kier alpha value is -1.89. The molecule has 0 aliphatic heterocycles. The molecule has 0 unspecified atom stereocenters. The third-order valence-corrected chi connectivity index (χ3v) is 4.59. The molecule has 0 saturated heterocycles. The first kappa shape index (κ1) is 16.2. The molecule has 1 aromatic carbocycles. The molecule has 0 heterocycles. The Balaban J connectivity index is 2.68. The highest BCUT2D eigenvalue weighted by atomic mass is 32.2. The number of carbonyl (C=O) groups excluding carboxylic acids is 1. The lowest BCUT2D eigenvalue weighted by Crippen LogP contribution is -2.30. The Morgan fingerprint density at radius 3 is 2.40 bits per heavy atom. The molecule has 0 aliphatic carbocycles. The van der Waals surface area contributed by atoms with Gasteiger partial charge in [0.05, 0.1) is 10.6 Å². The van der Waals surface area contributed by atoms with Crippen molar-refractivity contribution in [2.24, 2.45) is 0 Å². The van der Waals surface area contributed by atoms with Crippen LogP contribution >= 0.6 is 0 Å². The Labute approximate surface area is 117 Å². The first-order valence-electron chi connectivity index (χ1n) is 6.01. The van der Waals surface area contributed by atoms with Crippen LogP contribution in [0.5, 0.6) is 0 Å². The van der Waals surface area contributed by atoms with Crippen molar-refractivity contribution in [2.75, 3.05) is 12.3 Å². The number of rotatable bonds is 6. The molecule has 2 N–H and O–H groups in total. The van der Waals surface area contributed by atoms with E-state index in [1.165, 1.54) is 6.07 Å². The van der Waals surface area contributed by atoms with Gasteiger partial charge in [-0.15, -0.1) is 0 Å². The molecule has 0 spiro atoms. The molecule has 0 bridgehead atoms. The fourth-order valence-electron chi connectivity index (χ4n) is 1.51. The highest BCUT2D eigenvalue weighted by Crippen LogP contribution is 2.16. The number of carbonyl (C=O) groups is 2. The second kappa shape index (κ2) is 6.51. The first-order chi connectivity index (χ1) is 9.22. The van der Waals surface area contributed by atoms with E-state index in [-0.39, 0.29) is 17.1 Å². The maximum atomic E-state index is 12.0. The van der Waals surface area contributed by atoms with Gasteiger partial charge in [-0.3, -0.25) is 9.59 Å². The number of benzene rings is 1. The molecule has 1 aromatic rings. The Morgan fingerprint density at radius 2 is 1.85 bits per heavy atom. The van der Waals surface area contributed by atoms with Crippen molar-refractivity contribution in [1.29, 1.82) is 0 Å². The van der Waals surface area contributed by atoms with Crippen molar-refractivity contribution in [3.05, 3.63) is 29.3 Å². The topological polar surface area (TPSA) is 101 Å². The van der Waals surface area contributed by atoms with Crippen LogP contribution in [0.25, 0.3) is 0 Å². The minimum absolute atomic E-state index is 0.173. The third-order valence-electron chi connectivity index (χ3n) is 2.87. The summed E-state index contributed by atoms with van der Waals surface area (Å²) in [5.41, 5.74) is 1.85. The zero-order valence-corrected chi connectivity index (χ0v) is 12.2. The normalized spacial score (nSPS) is 11.1. The van der Waals surface area contributed by atoms with Gasteiger partial charge in [0.25, 0.3) is 0 Å². The molecule has 1 rings (SSSR count). The molecule has 110 valence electrons. The predicted molar refractivity (Wildman–Crippen MR) is 73.2 cm³/mol. The maximum absolute atomic E-state index is 12.0. The number of hydrogen-bond donors (Lipinski definition) is 2. The molecule has 0 saturated carbocycles. The summed E-state index contributed by atoms with van der Waals surface area (Å²) in [5, 5.41) is 10.5. The standard InChI is InChI=1S/C13H17NO5S/c1-9-3-4-11(7-10(9)2)20(18,19)6-5-12(15)14-8-13(16)17/h3-4,7H,5-6,8H2,1-2H3,(H,14,15)(H,16,17). The molecular weight excluding hydrogens is 282 g/mol. The summed E-state index contributed by atoms with van der Waals surface area (Å²) < 4.78 is 24.1. The summed E-state index contributed by atoms with van der Waals surface area (Å²) in [5.74, 6) is -2.11. The molecule has 0 fully saturated rings. The van der Waals surface area contributed by atoms with E-state index in [1.807, 2.05) is 13.8 Å². The van der Waals surface area contributed by atoms with Crippen molar-refractivity contribution in [2.45, 2.75) is 25.2 Å². The number of aryl methyl sites for hydroxylation is 2. The van der Waals surface area contributed by atoms with Gasteiger partial charge in [-0.2, -0.15) is 0 Å². The Morgan fingerprint density at radius 1 is 1.20 bits per heavy atom. The maximum Gasteiger partial charge on any atom is 0.322 e. The van der Waals surface area contributed by atoms with Gasteiger partial charge in [0.2, 0.25) is 5.91 Å². The lowest BCUT2D eigenvalue weighted by atomic mass is 10.1. The second-order valence-corrected chi connectivity index (χ2v) is 6.59. The van der Waals surface area contributed by atoms with E-state index in [0.29, 0.717) is 0 Å². The van der Waals surface area contributed by atoms with E-state index in [0.717, 1.165) is 11.1 Å². The zero-order valence-electron chi connectivity index (χ0n) is 11.3.